The van der Waals surface area contributed by atoms with Crippen molar-refractivity contribution in [3.63, 3.8) is 0 Å². The number of amides is 1. The van der Waals surface area contributed by atoms with E-state index in [-0.39, 0.29) is 17.1 Å². The van der Waals surface area contributed by atoms with Gasteiger partial charge >= 0.3 is 6.18 Å². The smallest absolute Gasteiger partial charge is 0.417 e. The average Bonchev–Trinajstić information content (AvgIpc) is 3.15. The minimum absolute atomic E-state index is 0.0556. The van der Waals surface area contributed by atoms with Gasteiger partial charge in [0, 0.05) is 17.3 Å². The predicted molar refractivity (Wildman–Crippen MR) is 98.0 cm³/mol. The van der Waals surface area contributed by atoms with Crippen molar-refractivity contribution in [3.8, 4) is 17.4 Å². The van der Waals surface area contributed by atoms with E-state index in [9.17, 15) is 18.0 Å². The Kier molecular flexibility index (Phi) is 5.32. The third-order valence-electron chi connectivity index (χ3n) is 3.81. The first kappa shape index (κ1) is 19.0. The van der Waals surface area contributed by atoms with E-state index in [1.165, 1.54) is 42.5 Å². The van der Waals surface area contributed by atoms with Crippen LogP contribution in [0, 0.1) is 11.3 Å². The molecular weight excluding hydrogens is 369 g/mol. The van der Waals surface area contributed by atoms with Gasteiger partial charge in [-0.3, -0.25) is 4.79 Å². The van der Waals surface area contributed by atoms with E-state index in [4.69, 9.17) is 9.68 Å². The first-order chi connectivity index (χ1) is 13.4. The summed E-state index contributed by atoms with van der Waals surface area (Å²) in [6, 6.07) is 16.3. The number of hydrogen-bond donors (Lipinski definition) is 1. The fourth-order valence-electron chi connectivity index (χ4n) is 2.50. The fourth-order valence-corrected chi connectivity index (χ4v) is 2.50. The lowest BCUT2D eigenvalue weighted by molar-refractivity contribution is -0.137. The molecule has 0 saturated carbocycles. The summed E-state index contributed by atoms with van der Waals surface area (Å²) in [6.45, 7) is 0. The zero-order valence-electron chi connectivity index (χ0n) is 14.3. The summed E-state index contributed by atoms with van der Waals surface area (Å²) in [5, 5.41) is 11.4. The van der Waals surface area contributed by atoms with E-state index in [0.29, 0.717) is 11.3 Å². The molecule has 0 saturated heterocycles. The van der Waals surface area contributed by atoms with Gasteiger partial charge in [0.25, 0.3) is 0 Å². The quantitative estimate of drug-likeness (QED) is 0.607. The molecule has 140 valence electrons. The predicted octanol–water partition coefficient (Wildman–Crippen LogP) is 5.49. The van der Waals surface area contributed by atoms with Gasteiger partial charge in [0.1, 0.15) is 11.5 Å². The molecule has 0 spiro atoms. The standard InChI is InChI=1S/C21H13F3N2O2/c22-21(23,24)18-4-2-1-3-17(18)19-11-9-16(28-19)10-12-20(27)26-15-7-5-14(13-25)6-8-15/h1-12H,(H,26,27)/b12-10+. The molecule has 3 rings (SSSR count). The van der Waals surface area contributed by atoms with Gasteiger partial charge in [-0.1, -0.05) is 18.2 Å². The summed E-state index contributed by atoms with van der Waals surface area (Å²) in [6.07, 6.45) is -1.93. The number of rotatable bonds is 4. The number of nitrogens with zero attached hydrogens (tertiary/aromatic N) is 1. The molecule has 3 aromatic rings. The van der Waals surface area contributed by atoms with Crippen molar-refractivity contribution in [1.82, 2.24) is 0 Å². The monoisotopic (exact) mass is 382 g/mol. The van der Waals surface area contributed by atoms with E-state index < -0.39 is 17.6 Å². The van der Waals surface area contributed by atoms with Crippen LogP contribution in [0.5, 0.6) is 0 Å². The van der Waals surface area contributed by atoms with Crippen LogP contribution in [0.4, 0.5) is 18.9 Å². The Morgan fingerprint density at radius 1 is 1.04 bits per heavy atom. The van der Waals surface area contributed by atoms with Gasteiger partial charge in [0.05, 0.1) is 17.2 Å². The van der Waals surface area contributed by atoms with Crippen LogP contribution >= 0.6 is 0 Å². The molecular formula is C21H13F3N2O2. The van der Waals surface area contributed by atoms with Crippen molar-refractivity contribution >= 4 is 17.7 Å². The molecule has 0 unspecified atom stereocenters. The van der Waals surface area contributed by atoms with Crippen LogP contribution in [0.1, 0.15) is 16.9 Å². The Balaban J connectivity index is 1.72. The molecule has 1 heterocycles. The van der Waals surface area contributed by atoms with Crippen molar-refractivity contribution in [1.29, 1.82) is 5.26 Å². The van der Waals surface area contributed by atoms with Crippen molar-refractivity contribution in [2.45, 2.75) is 6.18 Å². The minimum Gasteiger partial charge on any atom is -0.457 e. The molecule has 1 amide bonds. The second-order valence-corrected chi connectivity index (χ2v) is 5.76. The molecule has 0 aliphatic carbocycles. The molecule has 1 aromatic heterocycles. The largest absolute Gasteiger partial charge is 0.457 e. The highest BCUT2D eigenvalue weighted by Crippen LogP contribution is 2.37. The van der Waals surface area contributed by atoms with E-state index in [1.807, 2.05) is 6.07 Å². The number of nitriles is 1. The van der Waals surface area contributed by atoms with E-state index in [0.717, 1.165) is 6.07 Å². The van der Waals surface area contributed by atoms with Crippen LogP contribution in [-0.4, -0.2) is 5.91 Å². The van der Waals surface area contributed by atoms with Crippen LogP contribution in [-0.2, 0) is 11.0 Å². The number of carbonyl (C=O) groups is 1. The Morgan fingerprint density at radius 3 is 2.43 bits per heavy atom. The summed E-state index contributed by atoms with van der Waals surface area (Å²) in [4.78, 5) is 11.9. The average molecular weight is 382 g/mol. The highest BCUT2D eigenvalue weighted by Gasteiger charge is 2.34. The zero-order chi connectivity index (χ0) is 20.1. The van der Waals surface area contributed by atoms with Gasteiger partial charge in [0.2, 0.25) is 5.91 Å². The van der Waals surface area contributed by atoms with Gasteiger partial charge in [-0.15, -0.1) is 0 Å². The molecule has 1 N–H and O–H groups in total. The van der Waals surface area contributed by atoms with E-state index in [2.05, 4.69) is 5.32 Å². The van der Waals surface area contributed by atoms with Gasteiger partial charge in [-0.2, -0.15) is 18.4 Å². The maximum atomic E-state index is 13.1. The normalized spacial score (nSPS) is 11.4. The Morgan fingerprint density at radius 2 is 1.75 bits per heavy atom. The number of furan rings is 1. The van der Waals surface area contributed by atoms with Crippen molar-refractivity contribution in [2.75, 3.05) is 5.32 Å². The molecule has 0 aliphatic rings. The van der Waals surface area contributed by atoms with Gasteiger partial charge in [-0.05, 0) is 48.5 Å². The van der Waals surface area contributed by atoms with E-state index in [1.54, 1.807) is 24.3 Å². The highest BCUT2D eigenvalue weighted by molar-refractivity contribution is 6.01. The summed E-state index contributed by atoms with van der Waals surface area (Å²) < 4.78 is 44.8. The molecule has 0 atom stereocenters. The maximum absolute atomic E-state index is 13.1. The lowest BCUT2D eigenvalue weighted by atomic mass is 10.1. The topological polar surface area (TPSA) is 66.0 Å². The minimum atomic E-state index is -4.50. The fraction of sp³-hybridized carbons (Fsp3) is 0.0476. The molecule has 4 nitrogen and oxygen atoms in total. The molecule has 0 fully saturated rings. The van der Waals surface area contributed by atoms with Crippen LogP contribution in [0.3, 0.4) is 0 Å². The number of hydrogen-bond acceptors (Lipinski definition) is 3. The molecule has 0 bridgehead atoms. The van der Waals surface area contributed by atoms with Crippen molar-refractivity contribution < 1.29 is 22.4 Å². The van der Waals surface area contributed by atoms with Gasteiger partial charge in [-0.25, -0.2) is 0 Å². The number of halogens is 3. The summed E-state index contributed by atoms with van der Waals surface area (Å²) in [5.41, 5.74) is 0.110. The van der Waals surface area contributed by atoms with Crippen LogP contribution < -0.4 is 5.32 Å². The summed E-state index contributed by atoms with van der Waals surface area (Å²) in [7, 11) is 0. The van der Waals surface area contributed by atoms with Crippen molar-refractivity contribution in [2.24, 2.45) is 0 Å². The lowest BCUT2D eigenvalue weighted by Crippen LogP contribution is -2.07. The van der Waals surface area contributed by atoms with Crippen molar-refractivity contribution in [3.05, 3.63) is 83.6 Å². The highest BCUT2D eigenvalue weighted by atomic mass is 19.4. The summed E-state index contributed by atoms with van der Waals surface area (Å²) in [5.74, 6) is -0.152. The van der Waals surface area contributed by atoms with Crippen LogP contribution in [0.2, 0.25) is 0 Å². The molecule has 0 radical (unpaired) electrons. The molecule has 7 heteroatoms. The second-order valence-electron chi connectivity index (χ2n) is 5.76. The molecule has 2 aromatic carbocycles. The maximum Gasteiger partial charge on any atom is 0.417 e. The number of carbonyl (C=O) groups excluding carboxylic acids is 1. The molecule has 28 heavy (non-hydrogen) atoms. The lowest BCUT2D eigenvalue weighted by Gasteiger charge is -2.10. The molecule has 0 aliphatic heterocycles. The number of benzene rings is 2. The van der Waals surface area contributed by atoms with Crippen LogP contribution in [0.15, 0.2) is 71.2 Å². The second kappa shape index (κ2) is 7.84. The van der Waals surface area contributed by atoms with E-state index >= 15 is 0 Å². The van der Waals surface area contributed by atoms with Gasteiger partial charge < -0.3 is 9.73 Å². The number of nitrogens with one attached hydrogen (secondary N) is 1. The Hall–Kier alpha value is -3.79. The first-order valence-corrected chi connectivity index (χ1v) is 8.12. The van der Waals surface area contributed by atoms with Gasteiger partial charge in [0.15, 0.2) is 0 Å². The number of anilines is 1. The number of alkyl halides is 3. The zero-order valence-corrected chi connectivity index (χ0v) is 14.3. The third-order valence-corrected chi connectivity index (χ3v) is 3.81. The first-order valence-electron chi connectivity index (χ1n) is 8.12. The summed E-state index contributed by atoms with van der Waals surface area (Å²) >= 11 is 0. The third kappa shape index (κ3) is 4.48. The SMILES string of the molecule is N#Cc1ccc(NC(=O)/C=C/c2ccc(-c3ccccc3C(F)(F)F)o2)cc1. The Bertz CT molecular complexity index is 1060. The Labute approximate surface area is 158 Å². The van der Waals surface area contributed by atoms with Crippen LogP contribution in [0.25, 0.3) is 17.4 Å².